The molecule has 21 heavy (non-hydrogen) atoms. The van der Waals surface area contributed by atoms with Gasteiger partial charge in [0.2, 0.25) is 0 Å². The molecule has 2 aromatic heterocycles. The summed E-state index contributed by atoms with van der Waals surface area (Å²) in [5.41, 5.74) is 1.57. The van der Waals surface area contributed by atoms with Crippen LogP contribution in [-0.2, 0) is 11.3 Å². The van der Waals surface area contributed by atoms with Crippen LogP contribution >= 0.6 is 12.2 Å². The molecule has 1 aliphatic rings. The number of aryl methyl sites for hydroxylation is 1. The molecular weight excluding hydrogens is 288 g/mol. The molecule has 0 bridgehead atoms. The average Bonchev–Trinajstić information content (AvgIpc) is 3.22. The first-order chi connectivity index (χ1) is 10.1. The molecule has 2 aromatic rings. The molecule has 1 saturated carbocycles. The Labute approximate surface area is 127 Å². The largest absolute Gasteiger partial charge is 0.383 e. The Hall–Kier alpha value is -1.73. The van der Waals surface area contributed by atoms with Gasteiger partial charge in [0.15, 0.2) is 10.6 Å². The average molecular weight is 306 g/mol. The van der Waals surface area contributed by atoms with Gasteiger partial charge in [-0.2, -0.15) is 5.10 Å². The van der Waals surface area contributed by atoms with Gasteiger partial charge in [0.05, 0.1) is 18.7 Å². The maximum Gasteiger partial charge on any atom is 0.262 e. The molecule has 0 radical (unpaired) electrons. The molecule has 0 amide bonds. The van der Waals surface area contributed by atoms with Crippen molar-refractivity contribution in [3.05, 3.63) is 33.0 Å². The third-order valence-electron chi connectivity index (χ3n) is 3.75. The van der Waals surface area contributed by atoms with Crippen LogP contribution in [0.3, 0.4) is 0 Å². The molecule has 0 spiro atoms. The molecule has 0 aliphatic heterocycles. The highest BCUT2D eigenvalue weighted by atomic mass is 32.1. The van der Waals surface area contributed by atoms with Gasteiger partial charge < -0.3 is 9.30 Å². The molecule has 0 aromatic carbocycles. The van der Waals surface area contributed by atoms with E-state index in [2.05, 4.69) is 10.2 Å². The van der Waals surface area contributed by atoms with Crippen LogP contribution in [0.4, 0.5) is 0 Å². The molecule has 1 N–H and O–H groups in total. The Morgan fingerprint density at radius 3 is 2.90 bits per heavy atom. The summed E-state index contributed by atoms with van der Waals surface area (Å²) in [5, 5.41) is 6.99. The van der Waals surface area contributed by atoms with Crippen LogP contribution in [-0.4, -0.2) is 33.0 Å². The fraction of sp³-hybridized carbons (Fsp3) is 0.500. The van der Waals surface area contributed by atoms with Gasteiger partial charge in [0, 0.05) is 18.8 Å². The van der Waals surface area contributed by atoms with Crippen molar-refractivity contribution in [1.82, 2.24) is 19.3 Å². The third kappa shape index (κ3) is 2.58. The van der Waals surface area contributed by atoms with Crippen molar-refractivity contribution in [1.29, 1.82) is 0 Å². The predicted molar refractivity (Wildman–Crippen MR) is 82.0 cm³/mol. The minimum atomic E-state index is 0.00478. The van der Waals surface area contributed by atoms with Crippen LogP contribution in [0.15, 0.2) is 16.9 Å². The molecule has 0 atom stereocenters. The molecule has 0 saturated heterocycles. The Bertz CT molecular complexity index is 770. The summed E-state index contributed by atoms with van der Waals surface area (Å²) in [5.74, 6) is 0.580. The molecular formula is C14H18N4O2S. The summed E-state index contributed by atoms with van der Waals surface area (Å²) >= 11 is 5.23. The number of hydrogen-bond donors (Lipinski definition) is 1. The quantitative estimate of drug-likeness (QED) is 0.859. The summed E-state index contributed by atoms with van der Waals surface area (Å²) in [6.07, 6.45) is 2.14. The molecule has 1 fully saturated rings. The number of pyridine rings is 1. The van der Waals surface area contributed by atoms with Gasteiger partial charge in [-0.3, -0.25) is 14.5 Å². The number of hydrogen-bond acceptors (Lipinski definition) is 4. The second-order valence-electron chi connectivity index (χ2n) is 5.29. The van der Waals surface area contributed by atoms with Crippen molar-refractivity contribution in [2.75, 3.05) is 13.7 Å². The number of aromatic amines is 1. The van der Waals surface area contributed by atoms with E-state index in [1.807, 2.05) is 28.2 Å². The van der Waals surface area contributed by atoms with Crippen molar-refractivity contribution in [3.63, 3.8) is 0 Å². The summed E-state index contributed by atoms with van der Waals surface area (Å²) in [6, 6.07) is 4.13. The monoisotopic (exact) mass is 306 g/mol. The Morgan fingerprint density at radius 2 is 2.24 bits per heavy atom. The minimum Gasteiger partial charge on any atom is -0.383 e. The number of rotatable bonds is 5. The summed E-state index contributed by atoms with van der Waals surface area (Å²) < 4.78 is 9.27. The molecule has 112 valence electrons. The van der Waals surface area contributed by atoms with E-state index < -0.39 is 0 Å². The topological polar surface area (TPSA) is 64.8 Å². The zero-order valence-corrected chi connectivity index (χ0v) is 12.9. The maximum atomic E-state index is 12.7. The van der Waals surface area contributed by atoms with Crippen molar-refractivity contribution in [2.24, 2.45) is 0 Å². The Kier molecular flexibility index (Phi) is 3.77. The van der Waals surface area contributed by atoms with Crippen LogP contribution in [0.25, 0.3) is 11.4 Å². The molecule has 3 rings (SSSR count). The fourth-order valence-electron chi connectivity index (χ4n) is 2.52. The van der Waals surface area contributed by atoms with Gasteiger partial charge in [-0.1, -0.05) is 0 Å². The molecule has 1 aliphatic carbocycles. The van der Waals surface area contributed by atoms with Crippen LogP contribution in [0.5, 0.6) is 0 Å². The lowest BCUT2D eigenvalue weighted by Gasteiger charge is -2.11. The summed E-state index contributed by atoms with van der Waals surface area (Å²) in [7, 11) is 1.63. The van der Waals surface area contributed by atoms with E-state index in [9.17, 15) is 4.79 Å². The van der Waals surface area contributed by atoms with Gasteiger partial charge >= 0.3 is 0 Å². The zero-order chi connectivity index (χ0) is 15.0. The van der Waals surface area contributed by atoms with Crippen LogP contribution in [0.2, 0.25) is 0 Å². The highest BCUT2D eigenvalue weighted by Crippen LogP contribution is 2.34. The van der Waals surface area contributed by atoms with E-state index in [0.717, 1.165) is 18.5 Å². The van der Waals surface area contributed by atoms with E-state index in [-0.39, 0.29) is 5.56 Å². The Balaban J connectivity index is 2.11. The lowest BCUT2D eigenvalue weighted by Crippen LogP contribution is -2.24. The lowest BCUT2D eigenvalue weighted by atomic mass is 10.2. The maximum absolute atomic E-state index is 12.7. The van der Waals surface area contributed by atoms with Gasteiger partial charge in [-0.25, -0.2) is 0 Å². The second-order valence-corrected chi connectivity index (χ2v) is 5.68. The van der Waals surface area contributed by atoms with E-state index in [1.54, 1.807) is 7.11 Å². The lowest BCUT2D eigenvalue weighted by molar-refractivity contribution is 0.187. The first-order valence-electron chi connectivity index (χ1n) is 7.00. The molecule has 7 heteroatoms. The van der Waals surface area contributed by atoms with Crippen molar-refractivity contribution in [2.45, 2.75) is 32.4 Å². The first-order valence-corrected chi connectivity index (χ1v) is 7.41. The Morgan fingerprint density at radius 1 is 1.48 bits per heavy atom. The van der Waals surface area contributed by atoms with E-state index in [4.69, 9.17) is 17.0 Å². The zero-order valence-electron chi connectivity index (χ0n) is 12.1. The molecule has 2 heterocycles. The standard InChI is InChI=1S/C14H18N4O2S/c1-9-3-6-11(13(19)18(9)10-4-5-10)12-15-16-14(21)17(12)7-8-20-2/h3,6,10H,4-5,7-8H2,1-2H3,(H,16,21). The van der Waals surface area contributed by atoms with Crippen molar-refractivity contribution < 1.29 is 4.74 Å². The molecule has 6 nitrogen and oxygen atoms in total. The summed E-state index contributed by atoms with van der Waals surface area (Å²) in [4.78, 5) is 12.7. The van der Waals surface area contributed by atoms with Crippen molar-refractivity contribution in [3.8, 4) is 11.4 Å². The van der Waals surface area contributed by atoms with Gasteiger partial charge in [0.25, 0.3) is 5.56 Å². The fourth-order valence-corrected chi connectivity index (χ4v) is 2.74. The SMILES string of the molecule is COCCn1c(-c2ccc(C)n(C3CC3)c2=O)n[nH]c1=S. The van der Waals surface area contributed by atoms with Crippen LogP contribution in [0, 0.1) is 11.7 Å². The number of nitrogens with one attached hydrogen (secondary N) is 1. The van der Waals surface area contributed by atoms with E-state index in [0.29, 0.717) is 35.4 Å². The summed E-state index contributed by atoms with van der Waals surface area (Å²) in [6.45, 7) is 3.05. The van der Waals surface area contributed by atoms with Gasteiger partial charge in [-0.05, 0) is 44.1 Å². The normalized spacial score (nSPS) is 14.6. The minimum absolute atomic E-state index is 0.00478. The van der Waals surface area contributed by atoms with Crippen molar-refractivity contribution >= 4 is 12.2 Å². The number of aromatic nitrogens is 4. The number of ether oxygens (including phenoxy) is 1. The number of H-pyrrole nitrogens is 1. The highest BCUT2D eigenvalue weighted by Gasteiger charge is 2.27. The van der Waals surface area contributed by atoms with Crippen LogP contribution < -0.4 is 5.56 Å². The highest BCUT2D eigenvalue weighted by molar-refractivity contribution is 7.71. The number of nitrogens with zero attached hydrogens (tertiary/aromatic N) is 3. The number of methoxy groups -OCH3 is 1. The van der Waals surface area contributed by atoms with Crippen LogP contribution in [0.1, 0.15) is 24.6 Å². The first kappa shape index (κ1) is 14.2. The van der Waals surface area contributed by atoms with E-state index in [1.165, 1.54) is 0 Å². The third-order valence-corrected chi connectivity index (χ3v) is 4.06. The smallest absolute Gasteiger partial charge is 0.262 e. The predicted octanol–water partition coefficient (Wildman–Crippen LogP) is 2.06. The van der Waals surface area contributed by atoms with E-state index >= 15 is 0 Å². The van der Waals surface area contributed by atoms with Gasteiger partial charge in [-0.15, -0.1) is 0 Å². The van der Waals surface area contributed by atoms with Gasteiger partial charge in [0.1, 0.15) is 0 Å². The molecule has 0 unspecified atom stereocenters. The second kappa shape index (κ2) is 5.57.